The lowest BCUT2D eigenvalue weighted by atomic mass is 9.96. The summed E-state index contributed by atoms with van der Waals surface area (Å²) in [5.74, 6) is -8.96. The Morgan fingerprint density at radius 2 is 1.41 bits per heavy atom. The molecule has 2 aromatic carbocycles. The molecule has 0 atom stereocenters. The standard InChI is InChI=1S/C24H23F3N4O.2C2HF3O2/c1-30-12-14-3-2-4-16(19(14)13-30)24-17-5-7-31(8-6-22(17)28-29-24)23(32)11-18-20(26)9-15(25)10-21(18)27;2*3-2(4,5)1(6)7/h2-4,9-10H,5-8,11-13H2,1H3,(H,28,29);2*(H,6,7). The summed E-state index contributed by atoms with van der Waals surface area (Å²) in [6.45, 7) is 2.63. The number of hydrogen-bond acceptors (Lipinski definition) is 5. The van der Waals surface area contributed by atoms with Crippen molar-refractivity contribution in [3.05, 3.63) is 75.7 Å². The average Bonchev–Trinajstić information content (AvgIpc) is 3.45. The van der Waals surface area contributed by atoms with Crippen LogP contribution in [0.3, 0.4) is 0 Å². The first kappa shape index (κ1) is 35.9. The lowest BCUT2D eigenvalue weighted by Crippen LogP contribution is -2.35. The number of benzene rings is 2. The molecule has 18 heteroatoms. The van der Waals surface area contributed by atoms with Gasteiger partial charge < -0.3 is 15.1 Å². The largest absolute Gasteiger partial charge is 0.490 e. The van der Waals surface area contributed by atoms with Crippen LogP contribution in [0.4, 0.5) is 39.5 Å². The van der Waals surface area contributed by atoms with E-state index in [9.17, 15) is 44.3 Å². The number of nitrogens with zero attached hydrogens (tertiary/aromatic N) is 3. The molecule has 0 fully saturated rings. The fraction of sp³-hybridized carbons (Fsp3) is 0.357. The van der Waals surface area contributed by atoms with Crippen molar-refractivity contribution < 1.29 is 64.1 Å². The van der Waals surface area contributed by atoms with Crippen molar-refractivity contribution in [2.24, 2.45) is 0 Å². The van der Waals surface area contributed by atoms with Gasteiger partial charge in [0.25, 0.3) is 0 Å². The van der Waals surface area contributed by atoms with Crippen molar-refractivity contribution in [3.63, 3.8) is 0 Å². The number of carboxylic acids is 2. The summed E-state index contributed by atoms with van der Waals surface area (Å²) >= 11 is 0. The van der Waals surface area contributed by atoms with E-state index in [0.29, 0.717) is 38.1 Å². The smallest absolute Gasteiger partial charge is 0.475 e. The van der Waals surface area contributed by atoms with Crippen LogP contribution < -0.4 is 0 Å². The molecule has 0 radical (unpaired) electrons. The maximum atomic E-state index is 14.0. The lowest BCUT2D eigenvalue weighted by Gasteiger charge is -2.20. The number of carboxylic acid groups (broad SMARTS) is 2. The van der Waals surface area contributed by atoms with Crippen LogP contribution in [0, 0.1) is 17.5 Å². The number of halogens is 9. The minimum atomic E-state index is -5.08. The Morgan fingerprint density at radius 3 is 1.96 bits per heavy atom. The number of fused-ring (bicyclic) bond motifs is 2. The van der Waals surface area contributed by atoms with E-state index in [-0.39, 0.29) is 5.91 Å². The summed E-state index contributed by atoms with van der Waals surface area (Å²) < 4.78 is 105. The van der Waals surface area contributed by atoms with Gasteiger partial charge in [0.1, 0.15) is 17.5 Å². The van der Waals surface area contributed by atoms with E-state index in [2.05, 4.69) is 34.3 Å². The Labute approximate surface area is 254 Å². The number of hydrogen-bond donors (Lipinski definition) is 3. The van der Waals surface area contributed by atoms with E-state index >= 15 is 0 Å². The molecule has 0 saturated carbocycles. The fourth-order valence-electron chi connectivity index (χ4n) is 4.77. The zero-order valence-electron chi connectivity index (χ0n) is 23.7. The van der Waals surface area contributed by atoms with Crippen molar-refractivity contribution in [2.75, 3.05) is 20.1 Å². The van der Waals surface area contributed by atoms with E-state index in [1.165, 1.54) is 11.1 Å². The average molecular weight is 669 g/mol. The molecule has 5 rings (SSSR count). The van der Waals surface area contributed by atoms with E-state index in [0.717, 1.165) is 35.6 Å². The van der Waals surface area contributed by atoms with Crippen molar-refractivity contribution in [1.82, 2.24) is 20.0 Å². The molecule has 3 aromatic rings. The van der Waals surface area contributed by atoms with Crippen molar-refractivity contribution in [1.29, 1.82) is 0 Å². The Balaban J connectivity index is 0.000000345. The maximum Gasteiger partial charge on any atom is 0.490 e. The fourth-order valence-corrected chi connectivity index (χ4v) is 4.77. The molecule has 9 nitrogen and oxygen atoms in total. The van der Waals surface area contributed by atoms with E-state index < -0.39 is 53.7 Å². The van der Waals surface area contributed by atoms with Gasteiger partial charge in [-0.25, -0.2) is 22.8 Å². The molecule has 1 amide bonds. The monoisotopic (exact) mass is 668 g/mol. The number of rotatable bonds is 3. The zero-order chi connectivity index (χ0) is 34.6. The molecule has 0 spiro atoms. The van der Waals surface area contributed by atoms with Gasteiger partial charge in [0.05, 0.1) is 12.1 Å². The third kappa shape index (κ3) is 8.98. The van der Waals surface area contributed by atoms with Gasteiger partial charge in [0.15, 0.2) is 0 Å². The summed E-state index contributed by atoms with van der Waals surface area (Å²) in [6.07, 6.45) is -9.42. The molecule has 0 bridgehead atoms. The number of nitrogens with one attached hydrogen (secondary N) is 1. The second-order valence-corrected chi connectivity index (χ2v) is 10.2. The molecule has 0 aliphatic carbocycles. The van der Waals surface area contributed by atoms with Crippen LogP contribution in [0.15, 0.2) is 30.3 Å². The number of aromatic amines is 1. The Hall–Kier alpha value is -4.61. The normalized spacial score (nSPS) is 14.6. The van der Waals surface area contributed by atoms with Crippen LogP contribution in [0.2, 0.25) is 0 Å². The predicted octanol–water partition coefficient (Wildman–Crippen LogP) is 4.88. The maximum absolute atomic E-state index is 14.0. The van der Waals surface area contributed by atoms with Crippen LogP contribution in [-0.4, -0.2) is 80.5 Å². The molecule has 0 saturated heterocycles. The molecule has 46 heavy (non-hydrogen) atoms. The number of aliphatic carboxylic acids is 2. The highest BCUT2D eigenvalue weighted by Crippen LogP contribution is 2.34. The number of H-pyrrole nitrogens is 1. The summed E-state index contributed by atoms with van der Waals surface area (Å²) in [4.78, 5) is 34.5. The van der Waals surface area contributed by atoms with Crippen LogP contribution in [0.1, 0.15) is 27.9 Å². The van der Waals surface area contributed by atoms with Crippen LogP contribution in [-0.2, 0) is 46.7 Å². The van der Waals surface area contributed by atoms with E-state index in [4.69, 9.17) is 19.8 Å². The number of carbonyl (C=O) groups is 3. The zero-order valence-corrected chi connectivity index (χ0v) is 23.7. The van der Waals surface area contributed by atoms with Gasteiger partial charge in [0.2, 0.25) is 5.91 Å². The molecule has 3 heterocycles. The number of aromatic nitrogens is 2. The molecule has 3 N–H and O–H groups in total. The van der Waals surface area contributed by atoms with Gasteiger partial charge in [-0.05, 0) is 24.6 Å². The van der Waals surface area contributed by atoms with Gasteiger partial charge in [0, 0.05) is 67.1 Å². The molecule has 2 aliphatic rings. The summed E-state index contributed by atoms with van der Waals surface area (Å²) in [5, 5.41) is 22.0. The highest BCUT2D eigenvalue weighted by Gasteiger charge is 2.39. The number of alkyl halides is 6. The third-order valence-corrected chi connectivity index (χ3v) is 6.88. The molecule has 250 valence electrons. The molecular formula is C28H25F9N4O5. The van der Waals surface area contributed by atoms with Crippen molar-refractivity contribution >= 4 is 17.8 Å². The van der Waals surface area contributed by atoms with Crippen LogP contribution in [0.5, 0.6) is 0 Å². The summed E-state index contributed by atoms with van der Waals surface area (Å²) in [7, 11) is 2.09. The first-order valence-corrected chi connectivity index (χ1v) is 13.2. The second kappa shape index (κ2) is 14.2. The first-order valence-electron chi connectivity index (χ1n) is 13.2. The minimum absolute atomic E-state index is 0.378. The molecule has 1 aromatic heterocycles. The predicted molar refractivity (Wildman–Crippen MR) is 141 cm³/mol. The van der Waals surface area contributed by atoms with Crippen molar-refractivity contribution in [2.45, 2.75) is 44.7 Å². The SMILES string of the molecule is CN1Cc2cccc(-c3n[nH]c4c3CCN(C(=O)Cc3c(F)cc(F)cc3F)CC4)c2C1.O=C(O)C(F)(F)F.O=C(O)C(F)(F)F. The highest BCUT2D eigenvalue weighted by molar-refractivity contribution is 5.79. The highest BCUT2D eigenvalue weighted by atomic mass is 19.4. The summed E-state index contributed by atoms with van der Waals surface area (Å²) in [5.41, 5.74) is 6.28. The van der Waals surface area contributed by atoms with Gasteiger partial charge >= 0.3 is 24.3 Å². The van der Waals surface area contributed by atoms with Crippen molar-refractivity contribution in [3.8, 4) is 11.3 Å². The first-order chi connectivity index (χ1) is 21.3. The van der Waals surface area contributed by atoms with Gasteiger partial charge in [-0.2, -0.15) is 31.4 Å². The molecular weight excluding hydrogens is 643 g/mol. The van der Waals surface area contributed by atoms with Gasteiger partial charge in [-0.1, -0.05) is 18.2 Å². The number of carbonyl (C=O) groups excluding carboxylic acids is 1. The van der Waals surface area contributed by atoms with Crippen LogP contribution in [0.25, 0.3) is 11.3 Å². The van der Waals surface area contributed by atoms with Gasteiger partial charge in [-0.15, -0.1) is 0 Å². The Kier molecular flexibility index (Phi) is 11.1. The third-order valence-electron chi connectivity index (χ3n) is 6.88. The minimum Gasteiger partial charge on any atom is -0.475 e. The lowest BCUT2D eigenvalue weighted by molar-refractivity contribution is -0.193. The Morgan fingerprint density at radius 1 is 0.870 bits per heavy atom. The molecule has 0 unspecified atom stereocenters. The molecule has 2 aliphatic heterocycles. The van der Waals surface area contributed by atoms with Crippen LogP contribution >= 0.6 is 0 Å². The van der Waals surface area contributed by atoms with E-state index in [1.807, 2.05) is 6.07 Å². The second-order valence-electron chi connectivity index (χ2n) is 10.2. The number of amides is 1. The summed E-state index contributed by atoms with van der Waals surface area (Å²) in [6, 6.07) is 7.48. The topological polar surface area (TPSA) is 127 Å². The van der Waals surface area contributed by atoms with E-state index in [1.54, 1.807) is 4.90 Å². The Bertz CT molecular complexity index is 1560. The van der Waals surface area contributed by atoms with Gasteiger partial charge in [-0.3, -0.25) is 14.8 Å². The quantitative estimate of drug-likeness (QED) is 0.340.